The van der Waals surface area contributed by atoms with Crippen LogP contribution in [0, 0.1) is 0 Å². The minimum absolute atomic E-state index is 0.0891. The van der Waals surface area contributed by atoms with Crippen molar-refractivity contribution in [3.8, 4) is 5.75 Å². The van der Waals surface area contributed by atoms with Crippen LogP contribution >= 0.6 is 23.4 Å². The Morgan fingerprint density at radius 1 is 1.23 bits per heavy atom. The van der Waals surface area contributed by atoms with Crippen LogP contribution in [0.1, 0.15) is 10.9 Å². The summed E-state index contributed by atoms with van der Waals surface area (Å²) in [5, 5.41) is 0.435. The molecule has 0 N–H and O–H groups in total. The number of anilines is 1. The fraction of sp³-hybridized carbons (Fsp3) is 0.158. The smallest absolute Gasteiger partial charge is 0.238 e. The molecule has 1 unspecified atom stereocenters. The van der Waals surface area contributed by atoms with E-state index in [1.54, 1.807) is 41.3 Å². The molecule has 1 fully saturated rings. The average Bonchev–Trinajstić information content (AvgIpc) is 3.03. The van der Waals surface area contributed by atoms with E-state index in [1.807, 2.05) is 6.07 Å². The fourth-order valence-electron chi connectivity index (χ4n) is 3.00. The number of benzene rings is 2. The zero-order chi connectivity index (χ0) is 18.3. The number of fused-ring (bicyclic) bond motifs is 1. The number of methoxy groups -OCH3 is 1. The number of nitrogens with zero attached hydrogens (tertiary/aromatic N) is 1. The topological polar surface area (TPSA) is 59.8 Å². The first kappa shape index (κ1) is 17.0. The van der Waals surface area contributed by atoms with Gasteiger partial charge in [0.05, 0.1) is 28.8 Å². The molecule has 0 spiro atoms. The number of hydrogen-bond acceptors (Lipinski definition) is 5. The lowest BCUT2D eigenvalue weighted by Crippen LogP contribution is -2.30. The van der Waals surface area contributed by atoms with Gasteiger partial charge in [0.25, 0.3) is 0 Å². The van der Waals surface area contributed by atoms with Crippen molar-refractivity contribution in [2.45, 2.75) is 5.37 Å². The summed E-state index contributed by atoms with van der Waals surface area (Å²) in [5.41, 5.74) is 1.44. The number of amides is 1. The predicted octanol–water partition coefficient (Wildman–Crippen LogP) is 4.23. The number of rotatable bonds is 3. The molecular formula is C19H14ClNO4S. The molecule has 7 heteroatoms. The lowest BCUT2D eigenvalue weighted by Gasteiger charge is -2.24. The molecule has 1 aromatic heterocycles. The highest BCUT2D eigenvalue weighted by Crippen LogP contribution is 2.42. The summed E-state index contributed by atoms with van der Waals surface area (Å²) in [4.78, 5) is 27.0. The van der Waals surface area contributed by atoms with Gasteiger partial charge in [-0.05, 0) is 30.3 Å². The van der Waals surface area contributed by atoms with Crippen molar-refractivity contribution in [1.82, 2.24) is 0 Å². The van der Waals surface area contributed by atoms with Crippen molar-refractivity contribution in [3.63, 3.8) is 0 Å². The Labute approximate surface area is 158 Å². The summed E-state index contributed by atoms with van der Waals surface area (Å²) in [6, 6.07) is 12.2. The quantitative estimate of drug-likeness (QED) is 0.673. The van der Waals surface area contributed by atoms with E-state index in [9.17, 15) is 9.59 Å². The van der Waals surface area contributed by atoms with Gasteiger partial charge in [0.1, 0.15) is 23.0 Å². The van der Waals surface area contributed by atoms with E-state index >= 15 is 0 Å². The van der Waals surface area contributed by atoms with E-state index in [0.717, 1.165) is 0 Å². The number of ether oxygens (including phenoxy) is 1. The molecule has 0 radical (unpaired) electrons. The van der Waals surface area contributed by atoms with E-state index < -0.39 is 5.37 Å². The molecule has 2 heterocycles. The highest BCUT2D eigenvalue weighted by Gasteiger charge is 2.36. The Balaban J connectivity index is 1.81. The number of hydrogen-bond donors (Lipinski definition) is 0. The monoisotopic (exact) mass is 387 g/mol. The maximum atomic E-state index is 12.9. The van der Waals surface area contributed by atoms with Gasteiger partial charge in [-0.2, -0.15) is 0 Å². The maximum absolute atomic E-state index is 12.9. The van der Waals surface area contributed by atoms with Crippen LogP contribution in [0.5, 0.6) is 5.75 Å². The standard InChI is InChI=1S/C19H14ClNO4S/c1-24-16-7-6-11(8-14(16)20)21-17(22)10-26-19(21)13-9-25-15-5-3-2-4-12(15)18(13)23/h2-9,19H,10H2,1H3. The molecule has 1 atom stereocenters. The van der Waals surface area contributed by atoms with Gasteiger partial charge in [0.15, 0.2) is 5.43 Å². The largest absolute Gasteiger partial charge is 0.495 e. The van der Waals surface area contributed by atoms with Crippen LogP contribution in [0.25, 0.3) is 11.0 Å². The van der Waals surface area contributed by atoms with Gasteiger partial charge in [-0.25, -0.2) is 0 Å². The normalized spacial score (nSPS) is 17.1. The van der Waals surface area contributed by atoms with Gasteiger partial charge in [-0.1, -0.05) is 23.7 Å². The fourth-order valence-corrected chi connectivity index (χ4v) is 4.42. The summed E-state index contributed by atoms with van der Waals surface area (Å²) in [6.07, 6.45) is 1.44. The summed E-state index contributed by atoms with van der Waals surface area (Å²) in [7, 11) is 1.53. The zero-order valence-electron chi connectivity index (χ0n) is 13.8. The Hall–Kier alpha value is -2.44. The van der Waals surface area contributed by atoms with E-state index in [-0.39, 0.29) is 17.1 Å². The van der Waals surface area contributed by atoms with Crippen LogP contribution in [0.3, 0.4) is 0 Å². The SMILES string of the molecule is COc1ccc(N2C(=O)CSC2c2coc3ccccc3c2=O)cc1Cl. The number of carbonyl (C=O) groups is 1. The molecule has 0 bridgehead atoms. The Bertz CT molecular complexity index is 1060. The van der Waals surface area contributed by atoms with Crippen LogP contribution in [0.2, 0.25) is 5.02 Å². The molecule has 26 heavy (non-hydrogen) atoms. The summed E-state index contributed by atoms with van der Waals surface area (Å²) < 4.78 is 10.8. The lowest BCUT2D eigenvalue weighted by atomic mass is 10.1. The zero-order valence-corrected chi connectivity index (χ0v) is 15.3. The Kier molecular flexibility index (Phi) is 4.38. The van der Waals surface area contributed by atoms with E-state index in [4.69, 9.17) is 20.8 Å². The van der Waals surface area contributed by atoms with Gasteiger partial charge in [-0.3, -0.25) is 14.5 Å². The Morgan fingerprint density at radius 3 is 2.81 bits per heavy atom. The molecule has 0 saturated carbocycles. The van der Waals surface area contributed by atoms with Crippen LogP contribution < -0.4 is 15.1 Å². The van der Waals surface area contributed by atoms with Crippen molar-refractivity contribution in [1.29, 1.82) is 0 Å². The summed E-state index contributed by atoms with van der Waals surface area (Å²) in [6.45, 7) is 0. The molecule has 1 saturated heterocycles. The minimum Gasteiger partial charge on any atom is -0.495 e. The molecule has 1 aliphatic heterocycles. The third-order valence-corrected chi connectivity index (χ3v) is 5.74. The van der Waals surface area contributed by atoms with Crippen LogP contribution in [0.15, 0.2) is 57.9 Å². The molecule has 4 rings (SSSR count). The lowest BCUT2D eigenvalue weighted by molar-refractivity contribution is -0.115. The Morgan fingerprint density at radius 2 is 2.04 bits per heavy atom. The first-order valence-electron chi connectivity index (χ1n) is 7.88. The van der Waals surface area contributed by atoms with Gasteiger partial charge in [-0.15, -0.1) is 11.8 Å². The predicted molar refractivity (Wildman–Crippen MR) is 103 cm³/mol. The third kappa shape index (κ3) is 2.75. The van der Waals surface area contributed by atoms with E-state index in [0.29, 0.717) is 33.0 Å². The van der Waals surface area contributed by atoms with Crippen LogP contribution in [0.4, 0.5) is 5.69 Å². The van der Waals surface area contributed by atoms with Gasteiger partial charge < -0.3 is 9.15 Å². The molecular weight excluding hydrogens is 374 g/mol. The van der Waals surface area contributed by atoms with Crippen LogP contribution in [-0.4, -0.2) is 18.8 Å². The molecule has 5 nitrogen and oxygen atoms in total. The van der Waals surface area contributed by atoms with Crippen LogP contribution in [-0.2, 0) is 4.79 Å². The molecule has 3 aromatic rings. The second-order valence-corrected chi connectivity index (χ2v) is 7.24. The molecule has 0 aliphatic carbocycles. The number of carbonyl (C=O) groups excluding carboxylic acids is 1. The molecule has 132 valence electrons. The van der Waals surface area contributed by atoms with Crippen molar-refractivity contribution < 1.29 is 13.9 Å². The highest BCUT2D eigenvalue weighted by atomic mass is 35.5. The summed E-state index contributed by atoms with van der Waals surface area (Å²) >= 11 is 7.60. The first-order chi connectivity index (χ1) is 12.6. The minimum atomic E-state index is -0.465. The summed E-state index contributed by atoms with van der Waals surface area (Å²) in [5.74, 6) is 0.714. The van der Waals surface area contributed by atoms with Crippen molar-refractivity contribution >= 4 is 45.9 Å². The second-order valence-electron chi connectivity index (χ2n) is 5.76. The molecule has 1 amide bonds. The second kappa shape index (κ2) is 6.70. The van der Waals surface area contributed by atoms with E-state index in [2.05, 4.69) is 0 Å². The number of para-hydroxylation sites is 1. The highest BCUT2D eigenvalue weighted by molar-refractivity contribution is 8.00. The molecule has 1 aliphatic rings. The van der Waals surface area contributed by atoms with Gasteiger partial charge >= 0.3 is 0 Å². The number of thioether (sulfide) groups is 1. The number of halogens is 1. The third-order valence-electron chi connectivity index (χ3n) is 4.25. The average molecular weight is 388 g/mol. The van der Waals surface area contributed by atoms with Gasteiger partial charge in [0.2, 0.25) is 5.91 Å². The van der Waals surface area contributed by atoms with Crippen molar-refractivity contribution in [2.75, 3.05) is 17.8 Å². The first-order valence-corrected chi connectivity index (χ1v) is 9.30. The van der Waals surface area contributed by atoms with Crippen molar-refractivity contribution in [2.24, 2.45) is 0 Å². The maximum Gasteiger partial charge on any atom is 0.238 e. The molecule has 2 aromatic carbocycles. The van der Waals surface area contributed by atoms with Gasteiger partial charge in [0, 0.05) is 5.69 Å². The van der Waals surface area contributed by atoms with E-state index in [1.165, 1.54) is 25.1 Å². The van der Waals surface area contributed by atoms with Crippen molar-refractivity contribution in [3.05, 3.63) is 69.5 Å².